The van der Waals surface area contributed by atoms with E-state index in [1.807, 2.05) is 31.2 Å². The van der Waals surface area contributed by atoms with Crippen molar-refractivity contribution < 1.29 is 17.9 Å². The van der Waals surface area contributed by atoms with Gasteiger partial charge in [-0.3, -0.25) is 0 Å². The molecule has 0 unspecified atom stereocenters. The van der Waals surface area contributed by atoms with Crippen molar-refractivity contribution in [3.63, 3.8) is 0 Å². The average Bonchev–Trinajstić information content (AvgIpc) is 2.68. The summed E-state index contributed by atoms with van der Waals surface area (Å²) in [5, 5.41) is 0. The molecule has 0 radical (unpaired) electrons. The Kier molecular flexibility index (Phi) is 5.77. The highest BCUT2D eigenvalue weighted by atomic mass is 32.2. The SMILES string of the molecule is CCOc1ccc(S(=O)(=O)N[C@H]2CC(CC)(CC)Oc3ccccc32)cc1. The summed E-state index contributed by atoms with van der Waals surface area (Å²) >= 11 is 0. The molecule has 3 rings (SSSR count). The predicted octanol–water partition coefficient (Wildman–Crippen LogP) is 4.45. The van der Waals surface area contributed by atoms with Crippen LogP contribution in [0.4, 0.5) is 0 Å². The van der Waals surface area contributed by atoms with E-state index in [2.05, 4.69) is 18.6 Å². The highest BCUT2D eigenvalue weighted by molar-refractivity contribution is 7.89. The first-order valence-corrected chi connectivity index (χ1v) is 10.9. The topological polar surface area (TPSA) is 64.6 Å². The minimum absolute atomic E-state index is 0.230. The third-order valence-electron chi connectivity index (χ3n) is 5.23. The second-order valence-corrected chi connectivity index (χ2v) is 8.53. The van der Waals surface area contributed by atoms with Crippen molar-refractivity contribution in [3.05, 3.63) is 54.1 Å². The molecule has 0 aromatic heterocycles. The van der Waals surface area contributed by atoms with Gasteiger partial charge in [-0.2, -0.15) is 0 Å². The van der Waals surface area contributed by atoms with Gasteiger partial charge in [-0.05, 0) is 50.1 Å². The highest BCUT2D eigenvalue weighted by Gasteiger charge is 2.39. The Morgan fingerprint density at radius 3 is 2.37 bits per heavy atom. The van der Waals surface area contributed by atoms with E-state index in [0.29, 0.717) is 18.8 Å². The summed E-state index contributed by atoms with van der Waals surface area (Å²) in [6, 6.07) is 13.8. The third kappa shape index (κ3) is 4.12. The standard InChI is InChI=1S/C21H27NO4S/c1-4-21(5-2)15-19(18-9-7-8-10-20(18)26-21)22-27(23,24)17-13-11-16(12-14-17)25-6-3/h7-14,19,22H,4-6,15H2,1-3H3/t19-/m0/s1. The van der Waals surface area contributed by atoms with Crippen LogP contribution >= 0.6 is 0 Å². The molecule has 2 aromatic rings. The van der Waals surface area contributed by atoms with Crippen molar-refractivity contribution in [1.29, 1.82) is 0 Å². The molecule has 2 aromatic carbocycles. The summed E-state index contributed by atoms with van der Waals surface area (Å²) < 4.78 is 40.5. The lowest BCUT2D eigenvalue weighted by Gasteiger charge is -2.41. The van der Waals surface area contributed by atoms with E-state index in [9.17, 15) is 8.42 Å². The lowest BCUT2D eigenvalue weighted by molar-refractivity contribution is 0.0260. The van der Waals surface area contributed by atoms with Crippen LogP contribution in [0.2, 0.25) is 0 Å². The van der Waals surface area contributed by atoms with Crippen LogP contribution in [0.1, 0.15) is 51.6 Å². The van der Waals surface area contributed by atoms with Crippen LogP contribution in [0, 0.1) is 0 Å². The van der Waals surface area contributed by atoms with Gasteiger partial charge in [0.15, 0.2) is 0 Å². The molecule has 0 saturated heterocycles. The first kappa shape index (κ1) is 19.7. The molecular formula is C21H27NO4S. The number of hydrogen-bond donors (Lipinski definition) is 1. The van der Waals surface area contributed by atoms with E-state index in [1.165, 1.54) is 0 Å². The Morgan fingerprint density at radius 1 is 1.07 bits per heavy atom. The van der Waals surface area contributed by atoms with Crippen LogP contribution in [0.3, 0.4) is 0 Å². The number of ether oxygens (including phenoxy) is 2. The lowest BCUT2D eigenvalue weighted by atomic mass is 9.84. The number of para-hydroxylation sites is 1. The van der Waals surface area contributed by atoms with E-state index in [1.54, 1.807) is 24.3 Å². The first-order valence-electron chi connectivity index (χ1n) is 9.46. The summed E-state index contributed by atoms with van der Waals surface area (Å²) in [6.45, 7) is 6.59. The van der Waals surface area contributed by atoms with Gasteiger partial charge in [-0.1, -0.05) is 32.0 Å². The number of benzene rings is 2. The molecule has 0 aliphatic carbocycles. The fourth-order valence-electron chi connectivity index (χ4n) is 3.54. The molecule has 0 bridgehead atoms. The van der Waals surface area contributed by atoms with E-state index >= 15 is 0 Å². The molecule has 27 heavy (non-hydrogen) atoms. The molecule has 1 aliphatic rings. The van der Waals surface area contributed by atoms with Gasteiger partial charge < -0.3 is 9.47 Å². The molecule has 1 N–H and O–H groups in total. The predicted molar refractivity (Wildman–Crippen MR) is 106 cm³/mol. The summed E-state index contributed by atoms with van der Waals surface area (Å²) in [5.41, 5.74) is 0.518. The molecule has 0 fully saturated rings. The zero-order chi connectivity index (χ0) is 19.5. The molecule has 1 heterocycles. The van der Waals surface area contributed by atoms with Crippen LogP contribution in [-0.2, 0) is 10.0 Å². The molecule has 1 aliphatic heterocycles. The highest BCUT2D eigenvalue weighted by Crippen LogP contribution is 2.43. The van der Waals surface area contributed by atoms with Crippen LogP contribution in [0.15, 0.2) is 53.4 Å². The average molecular weight is 390 g/mol. The number of hydrogen-bond acceptors (Lipinski definition) is 4. The van der Waals surface area contributed by atoms with Gasteiger partial charge in [0.1, 0.15) is 17.1 Å². The molecule has 146 valence electrons. The fraction of sp³-hybridized carbons (Fsp3) is 0.429. The van der Waals surface area contributed by atoms with Crippen molar-refractivity contribution in [1.82, 2.24) is 4.72 Å². The Morgan fingerprint density at radius 2 is 1.74 bits per heavy atom. The minimum Gasteiger partial charge on any atom is -0.494 e. The number of nitrogens with one attached hydrogen (secondary N) is 1. The Labute approximate surface area is 161 Å². The minimum atomic E-state index is -3.66. The monoisotopic (exact) mass is 389 g/mol. The molecular weight excluding hydrogens is 362 g/mol. The zero-order valence-electron chi connectivity index (χ0n) is 16.1. The summed E-state index contributed by atoms with van der Waals surface area (Å²) in [6.07, 6.45) is 2.24. The molecule has 1 atom stereocenters. The molecule has 6 heteroatoms. The van der Waals surface area contributed by atoms with Gasteiger partial charge in [0, 0.05) is 12.0 Å². The van der Waals surface area contributed by atoms with E-state index < -0.39 is 10.0 Å². The van der Waals surface area contributed by atoms with Crippen molar-refractivity contribution in [2.45, 2.75) is 56.6 Å². The second kappa shape index (κ2) is 7.90. The van der Waals surface area contributed by atoms with Crippen LogP contribution in [0.5, 0.6) is 11.5 Å². The summed E-state index contributed by atoms with van der Waals surface area (Å²) in [5.74, 6) is 1.41. The van der Waals surface area contributed by atoms with Gasteiger partial charge in [0.25, 0.3) is 0 Å². The Bertz CT molecular complexity index is 873. The number of fused-ring (bicyclic) bond motifs is 1. The maximum atomic E-state index is 13.0. The van der Waals surface area contributed by atoms with Gasteiger partial charge in [0.05, 0.1) is 17.5 Å². The van der Waals surface area contributed by atoms with Crippen LogP contribution < -0.4 is 14.2 Å². The van der Waals surface area contributed by atoms with E-state index in [0.717, 1.165) is 24.2 Å². The lowest BCUT2D eigenvalue weighted by Crippen LogP contribution is -2.44. The summed E-state index contributed by atoms with van der Waals surface area (Å²) in [7, 11) is -3.66. The van der Waals surface area contributed by atoms with Gasteiger partial charge in [0.2, 0.25) is 10.0 Å². The largest absolute Gasteiger partial charge is 0.494 e. The summed E-state index contributed by atoms with van der Waals surface area (Å²) in [4.78, 5) is 0.230. The number of rotatable bonds is 7. The molecule has 0 spiro atoms. The fourth-order valence-corrected chi connectivity index (χ4v) is 4.76. The normalized spacial score (nSPS) is 18.4. The van der Waals surface area contributed by atoms with E-state index in [4.69, 9.17) is 9.47 Å². The van der Waals surface area contributed by atoms with Crippen molar-refractivity contribution >= 4 is 10.0 Å². The molecule has 0 saturated carbocycles. The van der Waals surface area contributed by atoms with Gasteiger partial charge >= 0.3 is 0 Å². The molecule has 5 nitrogen and oxygen atoms in total. The third-order valence-corrected chi connectivity index (χ3v) is 6.72. The van der Waals surface area contributed by atoms with Crippen LogP contribution in [0.25, 0.3) is 0 Å². The quantitative estimate of drug-likeness (QED) is 0.760. The maximum absolute atomic E-state index is 13.0. The maximum Gasteiger partial charge on any atom is 0.241 e. The van der Waals surface area contributed by atoms with Gasteiger partial charge in [-0.15, -0.1) is 0 Å². The first-order chi connectivity index (χ1) is 12.9. The molecule has 0 amide bonds. The smallest absolute Gasteiger partial charge is 0.241 e. The van der Waals surface area contributed by atoms with Crippen molar-refractivity contribution in [2.75, 3.05) is 6.61 Å². The number of sulfonamides is 1. The zero-order valence-corrected chi connectivity index (χ0v) is 16.9. The van der Waals surface area contributed by atoms with Crippen molar-refractivity contribution in [3.8, 4) is 11.5 Å². The van der Waals surface area contributed by atoms with Gasteiger partial charge in [-0.25, -0.2) is 13.1 Å². The Balaban J connectivity index is 1.90. The Hall–Kier alpha value is -2.05. The van der Waals surface area contributed by atoms with Crippen LogP contribution in [-0.4, -0.2) is 20.6 Å². The second-order valence-electron chi connectivity index (χ2n) is 6.81. The van der Waals surface area contributed by atoms with E-state index in [-0.39, 0.29) is 16.5 Å². The van der Waals surface area contributed by atoms with Crippen molar-refractivity contribution in [2.24, 2.45) is 0 Å².